The summed E-state index contributed by atoms with van der Waals surface area (Å²) in [6, 6.07) is 21.6. The molecule has 1 aliphatic heterocycles. The molecule has 2 N–H and O–H groups in total. The lowest BCUT2D eigenvalue weighted by Gasteiger charge is -2.46. The zero-order chi connectivity index (χ0) is 23.9. The minimum Gasteiger partial charge on any atom is -0.381 e. The molecule has 0 bridgehead atoms. The number of para-hydroxylation sites is 1. The van der Waals surface area contributed by atoms with Gasteiger partial charge in [0.1, 0.15) is 10.5 Å². The van der Waals surface area contributed by atoms with Crippen LogP contribution in [0.3, 0.4) is 0 Å². The molecule has 5 rings (SSSR count). The van der Waals surface area contributed by atoms with E-state index >= 15 is 0 Å². The van der Waals surface area contributed by atoms with Crippen molar-refractivity contribution in [2.75, 3.05) is 17.8 Å². The van der Waals surface area contributed by atoms with Gasteiger partial charge in [0.05, 0.1) is 18.6 Å². The Kier molecular flexibility index (Phi) is 5.51. The van der Waals surface area contributed by atoms with Crippen molar-refractivity contribution in [2.24, 2.45) is 0 Å². The number of anilines is 1. The highest BCUT2D eigenvalue weighted by atomic mass is 35.5. The fourth-order valence-corrected chi connectivity index (χ4v) is 5.49. The molecule has 0 spiro atoms. The summed E-state index contributed by atoms with van der Waals surface area (Å²) in [5.41, 5.74) is 0.625. The number of aromatic nitrogens is 1. The van der Waals surface area contributed by atoms with Gasteiger partial charge >= 0.3 is 0 Å². The molecule has 0 saturated carbocycles. The van der Waals surface area contributed by atoms with E-state index in [0.717, 1.165) is 5.39 Å². The lowest BCUT2D eigenvalue weighted by molar-refractivity contribution is -0.0863. The Morgan fingerprint density at radius 1 is 1.00 bits per heavy atom. The van der Waals surface area contributed by atoms with E-state index in [1.807, 2.05) is 0 Å². The number of likely N-dealkylation sites (tertiary alicyclic amines) is 1. The van der Waals surface area contributed by atoms with Crippen LogP contribution in [-0.2, 0) is 15.6 Å². The number of halogens is 1. The van der Waals surface area contributed by atoms with Crippen LogP contribution >= 0.6 is 11.6 Å². The maximum atomic E-state index is 13.0. The van der Waals surface area contributed by atoms with E-state index in [2.05, 4.69) is 9.71 Å². The average Bonchev–Trinajstić information content (AvgIpc) is 2.81. The predicted molar refractivity (Wildman–Crippen MR) is 130 cm³/mol. The van der Waals surface area contributed by atoms with Crippen LogP contribution < -0.4 is 4.72 Å². The third-order valence-electron chi connectivity index (χ3n) is 5.82. The highest BCUT2D eigenvalue weighted by molar-refractivity contribution is 7.93. The van der Waals surface area contributed by atoms with E-state index in [1.54, 1.807) is 66.9 Å². The fraction of sp³-hybridized carbons (Fsp3) is 0.120. The van der Waals surface area contributed by atoms with Gasteiger partial charge in [0.25, 0.3) is 15.9 Å². The number of hydrogen-bond acceptors (Lipinski definition) is 5. The molecule has 7 nitrogen and oxygen atoms in total. The molecule has 9 heteroatoms. The van der Waals surface area contributed by atoms with E-state index in [0.29, 0.717) is 27.4 Å². The number of carbonyl (C=O) groups excluding carboxylic acids is 1. The van der Waals surface area contributed by atoms with Crippen molar-refractivity contribution in [1.29, 1.82) is 0 Å². The van der Waals surface area contributed by atoms with Gasteiger partial charge in [-0.1, -0.05) is 41.9 Å². The van der Waals surface area contributed by atoms with Gasteiger partial charge in [-0.2, -0.15) is 0 Å². The third-order valence-corrected chi connectivity index (χ3v) is 7.47. The third kappa shape index (κ3) is 4.11. The normalized spacial score (nSPS) is 15.1. The SMILES string of the molecule is O=C(c1ccc(NS(=O)(=O)c2cccc3cccnc23)cc1)N1CC(O)(c2cccc(Cl)c2)C1. The highest BCUT2D eigenvalue weighted by Gasteiger charge is 2.45. The Balaban J connectivity index is 1.29. The summed E-state index contributed by atoms with van der Waals surface area (Å²) in [6.07, 6.45) is 1.55. The predicted octanol–water partition coefficient (Wildman–Crippen LogP) is 4.03. The van der Waals surface area contributed by atoms with E-state index in [4.69, 9.17) is 11.6 Å². The highest BCUT2D eigenvalue weighted by Crippen LogP contribution is 2.34. The summed E-state index contributed by atoms with van der Waals surface area (Å²) in [4.78, 5) is 18.6. The number of nitrogens with zero attached hydrogens (tertiary/aromatic N) is 2. The van der Waals surface area contributed by atoms with E-state index in [-0.39, 0.29) is 23.9 Å². The average molecular weight is 494 g/mol. The Bertz CT molecular complexity index is 1500. The monoisotopic (exact) mass is 493 g/mol. The molecule has 3 aromatic carbocycles. The van der Waals surface area contributed by atoms with Gasteiger partial charge in [-0.3, -0.25) is 14.5 Å². The van der Waals surface area contributed by atoms with Crippen LogP contribution in [0, 0.1) is 0 Å². The van der Waals surface area contributed by atoms with Crippen LogP contribution in [0.25, 0.3) is 10.9 Å². The summed E-state index contributed by atoms with van der Waals surface area (Å²) >= 11 is 6.01. The van der Waals surface area contributed by atoms with Crippen molar-refractivity contribution < 1.29 is 18.3 Å². The first-order valence-electron chi connectivity index (χ1n) is 10.5. The minimum absolute atomic E-state index is 0.0756. The lowest BCUT2D eigenvalue weighted by atomic mass is 9.85. The lowest BCUT2D eigenvalue weighted by Crippen LogP contribution is -2.61. The number of hydrogen-bond donors (Lipinski definition) is 2. The molecule has 1 aliphatic rings. The summed E-state index contributed by atoms with van der Waals surface area (Å²) in [7, 11) is -3.88. The molecule has 0 unspecified atom stereocenters. The van der Waals surface area contributed by atoms with Crippen molar-refractivity contribution in [2.45, 2.75) is 10.5 Å². The number of rotatable bonds is 5. The van der Waals surface area contributed by atoms with Gasteiger partial charge in [-0.15, -0.1) is 0 Å². The van der Waals surface area contributed by atoms with Gasteiger partial charge < -0.3 is 10.0 Å². The van der Waals surface area contributed by atoms with Gasteiger partial charge in [-0.25, -0.2) is 8.42 Å². The first kappa shape index (κ1) is 22.3. The number of benzene rings is 3. The fourth-order valence-electron chi connectivity index (χ4n) is 4.06. The van der Waals surface area contributed by atoms with E-state index in [1.165, 1.54) is 23.1 Å². The molecule has 4 aromatic rings. The number of pyridine rings is 1. The van der Waals surface area contributed by atoms with E-state index < -0.39 is 15.6 Å². The first-order chi connectivity index (χ1) is 16.2. The second-order valence-corrected chi connectivity index (χ2v) is 10.3. The van der Waals surface area contributed by atoms with Crippen molar-refractivity contribution in [3.8, 4) is 0 Å². The Morgan fingerprint density at radius 2 is 1.71 bits per heavy atom. The molecule has 0 radical (unpaired) electrons. The van der Waals surface area contributed by atoms with Crippen molar-refractivity contribution in [3.63, 3.8) is 0 Å². The maximum absolute atomic E-state index is 13.0. The molecule has 0 atom stereocenters. The Labute approximate surface area is 201 Å². The number of amides is 1. The number of β-amino-alcohol motifs (C(OH)–C–C–N with tert-alkyl or cyclic N) is 1. The summed E-state index contributed by atoms with van der Waals surface area (Å²) in [5.74, 6) is -0.251. The Hall–Kier alpha value is -3.46. The zero-order valence-electron chi connectivity index (χ0n) is 17.8. The van der Waals surface area contributed by atoms with Gasteiger partial charge in [0.2, 0.25) is 0 Å². The van der Waals surface area contributed by atoms with Crippen molar-refractivity contribution >= 4 is 44.1 Å². The second kappa shape index (κ2) is 8.39. The number of fused-ring (bicyclic) bond motifs is 1. The number of sulfonamides is 1. The van der Waals surface area contributed by atoms with Crippen LogP contribution in [0.1, 0.15) is 15.9 Å². The summed E-state index contributed by atoms with van der Waals surface area (Å²) in [5, 5.41) is 12.0. The van der Waals surface area contributed by atoms with Crippen LogP contribution in [0.4, 0.5) is 5.69 Å². The molecular formula is C25H20ClN3O4S. The molecule has 34 heavy (non-hydrogen) atoms. The molecule has 2 heterocycles. The summed E-state index contributed by atoms with van der Waals surface area (Å²) in [6.45, 7) is 0.295. The van der Waals surface area contributed by atoms with Crippen LogP contribution in [0.15, 0.2) is 90.0 Å². The smallest absolute Gasteiger partial charge is 0.264 e. The van der Waals surface area contributed by atoms with Crippen molar-refractivity contribution in [1.82, 2.24) is 9.88 Å². The quantitative estimate of drug-likeness (QED) is 0.437. The van der Waals surface area contributed by atoms with Crippen LogP contribution in [-0.4, -0.2) is 42.4 Å². The van der Waals surface area contributed by atoms with Crippen LogP contribution in [0.5, 0.6) is 0 Å². The van der Waals surface area contributed by atoms with Gasteiger partial charge in [0, 0.05) is 27.9 Å². The van der Waals surface area contributed by atoms with E-state index in [9.17, 15) is 18.3 Å². The van der Waals surface area contributed by atoms with Gasteiger partial charge in [0.15, 0.2) is 0 Å². The molecule has 172 valence electrons. The Morgan fingerprint density at radius 3 is 2.44 bits per heavy atom. The zero-order valence-corrected chi connectivity index (χ0v) is 19.4. The molecule has 1 fully saturated rings. The topological polar surface area (TPSA) is 99.6 Å². The molecular weight excluding hydrogens is 474 g/mol. The van der Waals surface area contributed by atoms with Crippen molar-refractivity contribution in [3.05, 3.63) is 101 Å². The van der Waals surface area contributed by atoms with Crippen LogP contribution in [0.2, 0.25) is 5.02 Å². The standard InChI is InChI=1S/C25H20ClN3O4S/c26-20-7-2-6-19(14-20)25(31)15-29(16-25)24(30)18-9-11-21(12-10-18)28-34(32,33)22-8-1-4-17-5-3-13-27-23(17)22/h1-14,28,31H,15-16H2. The second-order valence-electron chi connectivity index (χ2n) is 8.22. The summed E-state index contributed by atoms with van der Waals surface area (Å²) < 4.78 is 28.5. The first-order valence-corrected chi connectivity index (χ1v) is 12.4. The maximum Gasteiger partial charge on any atom is 0.264 e. The number of carbonyl (C=O) groups is 1. The largest absolute Gasteiger partial charge is 0.381 e. The number of nitrogens with one attached hydrogen (secondary N) is 1. The molecule has 1 amide bonds. The minimum atomic E-state index is -3.88. The number of aliphatic hydroxyl groups is 1. The molecule has 1 saturated heterocycles. The molecule has 1 aromatic heterocycles. The molecule has 0 aliphatic carbocycles. The van der Waals surface area contributed by atoms with Gasteiger partial charge in [-0.05, 0) is 54.1 Å².